The highest BCUT2D eigenvalue weighted by atomic mass is 35.5. The van der Waals surface area contributed by atoms with E-state index in [0.717, 1.165) is 18.5 Å². The fraction of sp³-hybridized carbons (Fsp3) is 0.500. The van der Waals surface area contributed by atoms with Crippen molar-refractivity contribution in [2.45, 2.75) is 26.2 Å². The summed E-state index contributed by atoms with van der Waals surface area (Å²) in [7, 11) is 1.99. The van der Waals surface area contributed by atoms with Gasteiger partial charge in [-0.2, -0.15) is 0 Å². The van der Waals surface area contributed by atoms with E-state index in [1.54, 1.807) is 24.3 Å². The SMILES string of the molecule is CCCCCN(C)CC(=O)c1ccc(Cl)cc1. The molecular formula is C14H20ClNO. The highest BCUT2D eigenvalue weighted by molar-refractivity contribution is 6.30. The van der Waals surface area contributed by atoms with Gasteiger partial charge in [0.1, 0.15) is 0 Å². The van der Waals surface area contributed by atoms with Crippen LogP contribution in [0.2, 0.25) is 5.02 Å². The van der Waals surface area contributed by atoms with Crippen LogP contribution in [-0.2, 0) is 0 Å². The molecule has 0 radical (unpaired) electrons. The predicted molar refractivity (Wildman–Crippen MR) is 72.8 cm³/mol. The van der Waals surface area contributed by atoms with Gasteiger partial charge >= 0.3 is 0 Å². The maximum absolute atomic E-state index is 11.9. The van der Waals surface area contributed by atoms with Crippen molar-refractivity contribution >= 4 is 17.4 Å². The number of nitrogens with zero attached hydrogens (tertiary/aromatic N) is 1. The third kappa shape index (κ3) is 5.33. The first-order valence-electron chi connectivity index (χ1n) is 6.10. The number of hydrogen-bond donors (Lipinski definition) is 0. The van der Waals surface area contributed by atoms with E-state index in [4.69, 9.17) is 11.6 Å². The van der Waals surface area contributed by atoms with E-state index in [-0.39, 0.29) is 5.78 Å². The number of unbranched alkanes of at least 4 members (excludes halogenated alkanes) is 2. The van der Waals surface area contributed by atoms with Crippen molar-refractivity contribution in [3.05, 3.63) is 34.9 Å². The van der Waals surface area contributed by atoms with Gasteiger partial charge in [-0.3, -0.25) is 9.69 Å². The first-order valence-corrected chi connectivity index (χ1v) is 6.48. The van der Waals surface area contributed by atoms with Gasteiger partial charge in [0.15, 0.2) is 5.78 Å². The van der Waals surface area contributed by atoms with Crippen LogP contribution in [0.3, 0.4) is 0 Å². The second-order valence-electron chi connectivity index (χ2n) is 4.37. The highest BCUT2D eigenvalue weighted by Gasteiger charge is 2.08. The number of Topliss-reactive ketones (excluding diaryl/α,β-unsaturated/α-hetero) is 1. The monoisotopic (exact) mass is 253 g/mol. The molecule has 0 amide bonds. The van der Waals surface area contributed by atoms with Crippen molar-refractivity contribution in [1.82, 2.24) is 4.90 Å². The molecule has 0 spiro atoms. The van der Waals surface area contributed by atoms with Gasteiger partial charge in [0.05, 0.1) is 6.54 Å². The zero-order valence-corrected chi connectivity index (χ0v) is 11.3. The lowest BCUT2D eigenvalue weighted by Gasteiger charge is -2.15. The lowest BCUT2D eigenvalue weighted by molar-refractivity contribution is 0.0945. The lowest BCUT2D eigenvalue weighted by Crippen LogP contribution is -2.26. The molecule has 94 valence electrons. The molecular weight excluding hydrogens is 234 g/mol. The minimum absolute atomic E-state index is 0.153. The molecule has 0 heterocycles. The van der Waals surface area contributed by atoms with E-state index >= 15 is 0 Å². The summed E-state index contributed by atoms with van der Waals surface area (Å²) in [6.07, 6.45) is 3.58. The van der Waals surface area contributed by atoms with Crippen LogP contribution in [-0.4, -0.2) is 30.8 Å². The maximum Gasteiger partial charge on any atom is 0.176 e. The Kier molecular flexibility index (Phi) is 6.23. The molecule has 0 fully saturated rings. The Labute approximate surface area is 109 Å². The van der Waals surface area contributed by atoms with Crippen LogP contribution < -0.4 is 0 Å². The van der Waals surface area contributed by atoms with E-state index in [0.29, 0.717) is 11.6 Å². The zero-order valence-electron chi connectivity index (χ0n) is 10.6. The largest absolute Gasteiger partial charge is 0.299 e. The normalized spacial score (nSPS) is 10.8. The Hall–Kier alpha value is -0.860. The molecule has 0 aliphatic heterocycles. The molecule has 0 unspecified atom stereocenters. The number of carbonyl (C=O) groups is 1. The number of benzene rings is 1. The van der Waals surface area contributed by atoms with Gasteiger partial charge < -0.3 is 0 Å². The fourth-order valence-corrected chi connectivity index (χ4v) is 1.81. The summed E-state index contributed by atoms with van der Waals surface area (Å²) in [4.78, 5) is 14.0. The molecule has 3 heteroatoms. The highest BCUT2D eigenvalue weighted by Crippen LogP contribution is 2.10. The zero-order chi connectivity index (χ0) is 12.7. The Balaban J connectivity index is 2.40. The number of carbonyl (C=O) groups excluding carboxylic acids is 1. The van der Waals surface area contributed by atoms with Crippen molar-refractivity contribution in [2.24, 2.45) is 0 Å². The number of rotatable bonds is 7. The molecule has 0 aromatic heterocycles. The van der Waals surface area contributed by atoms with Crippen molar-refractivity contribution in [2.75, 3.05) is 20.1 Å². The van der Waals surface area contributed by atoms with E-state index in [1.165, 1.54) is 12.8 Å². The number of halogens is 1. The molecule has 2 nitrogen and oxygen atoms in total. The number of likely N-dealkylation sites (N-methyl/N-ethyl adjacent to an activating group) is 1. The molecule has 0 saturated carbocycles. The van der Waals surface area contributed by atoms with E-state index < -0.39 is 0 Å². The molecule has 1 rings (SSSR count). The van der Waals surface area contributed by atoms with Crippen LogP contribution in [0.5, 0.6) is 0 Å². The summed E-state index contributed by atoms with van der Waals surface area (Å²) in [5.41, 5.74) is 0.733. The van der Waals surface area contributed by atoms with E-state index in [1.807, 2.05) is 7.05 Å². The van der Waals surface area contributed by atoms with Crippen LogP contribution >= 0.6 is 11.6 Å². The summed E-state index contributed by atoms with van der Waals surface area (Å²) in [6, 6.07) is 7.08. The average Bonchev–Trinajstić information content (AvgIpc) is 2.30. The van der Waals surface area contributed by atoms with Crippen molar-refractivity contribution < 1.29 is 4.79 Å². The number of ketones is 1. The Morgan fingerprint density at radius 3 is 2.47 bits per heavy atom. The molecule has 0 atom stereocenters. The molecule has 0 aliphatic carbocycles. The number of hydrogen-bond acceptors (Lipinski definition) is 2. The van der Waals surface area contributed by atoms with Crippen LogP contribution in [0.1, 0.15) is 36.5 Å². The minimum Gasteiger partial charge on any atom is -0.299 e. The van der Waals surface area contributed by atoms with Gasteiger partial charge in [0.2, 0.25) is 0 Å². The first-order chi connectivity index (χ1) is 8.13. The summed E-state index contributed by atoms with van der Waals surface area (Å²) in [5, 5.41) is 0.665. The Morgan fingerprint density at radius 1 is 1.24 bits per heavy atom. The van der Waals surface area contributed by atoms with Crippen LogP contribution in [0.25, 0.3) is 0 Å². The van der Waals surface area contributed by atoms with Gasteiger partial charge in [-0.25, -0.2) is 0 Å². The van der Waals surface area contributed by atoms with Gasteiger partial charge in [-0.1, -0.05) is 31.4 Å². The third-order valence-corrected chi connectivity index (χ3v) is 2.98. The molecule has 0 N–H and O–H groups in total. The third-order valence-electron chi connectivity index (χ3n) is 2.72. The second-order valence-corrected chi connectivity index (χ2v) is 4.81. The molecule has 0 bridgehead atoms. The van der Waals surface area contributed by atoms with Gasteiger partial charge in [0.25, 0.3) is 0 Å². The fourth-order valence-electron chi connectivity index (χ4n) is 1.68. The van der Waals surface area contributed by atoms with Crippen LogP contribution in [0.4, 0.5) is 0 Å². The van der Waals surface area contributed by atoms with Crippen LogP contribution in [0, 0.1) is 0 Å². The quantitative estimate of drug-likeness (QED) is 0.546. The standard InChI is InChI=1S/C14H20ClNO/c1-3-4-5-10-16(2)11-14(17)12-6-8-13(15)9-7-12/h6-9H,3-5,10-11H2,1-2H3. The van der Waals surface area contributed by atoms with E-state index in [2.05, 4.69) is 11.8 Å². The summed E-state index contributed by atoms with van der Waals surface area (Å²) in [5.74, 6) is 0.153. The summed E-state index contributed by atoms with van der Waals surface area (Å²) >= 11 is 5.78. The summed E-state index contributed by atoms with van der Waals surface area (Å²) < 4.78 is 0. The van der Waals surface area contributed by atoms with E-state index in [9.17, 15) is 4.79 Å². The van der Waals surface area contributed by atoms with Crippen molar-refractivity contribution in [3.63, 3.8) is 0 Å². The summed E-state index contributed by atoms with van der Waals surface area (Å²) in [6.45, 7) is 3.64. The van der Waals surface area contributed by atoms with Crippen LogP contribution in [0.15, 0.2) is 24.3 Å². The lowest BCUT2D eigenvalue weighted by atomic mass is 10.1. The van der Waals surface area contributed by atoms with Gasteiger partial charge in [-0.15, -0.1) is 0 Å². The molecule has 1 aromatic rings. The maximum atomic E-state index is 11.9. The Bertz CT molecular complexity index is 348. The van der Waals surface area contributed by atoms with Gasteiger partial charge in [0, 0.05) is 10.6 Å². The molecule has 17 heavy (non-hydrogen) atoms. The topological polar surface area (TPSA) is 20.3 Å². The molecule has 0 saturated heterocycles. The average molecular weight is 254 g/mol. The Morgan fingerprint density at radius 2 is 1.88 bits per heavy atom. The smallest absolute Gasteiger partial charge is 0.176 e. The minimum atomic E-state index is 0.153. The molecule has 0 aliphatic rings. The predicted octanol–water partition coefficient (Wildman–Crippen LogP) is 3.64. The first kappa shape index (κ1) is 14.2. The second kappa shape index (κ2) is 7.46. The van der Waals surface area contributed by atoms with Crippen molar-refractivity contribution in [3.8, 4) is 0 Å². The van der Waals surface area contributed by atoms with Crippen molar-refractivity contribution in [1.29, 1.82) is 0 Å². The van der Waals surface area contributed by atoms with Gasteiger partial charge in [-0.05, 0) is 44.3 Å². The molecule has 1 aromatic carbocycles.